The van der Waals surface area contributed by atoms with Gasteiger partial charge in [-0.15, -0.1) is 0 Å². The van der Waals surface area contributed by atoms with Gasteiger partial charge >= 0.3 is 0 Å². The Morgan fingerprint density at radius 1 is 0.917 bits per heavy atom. The van der Waals surface area contributed by atoms with Gasteiger partial charge < -0.3 is 10.2 Å². The Hall–Kier alpha value is -3.14. The zero-order chi connectivity index (χ0) is 16.9. The molecule has 0 radical (unpaired) electrons. The highest BCUT2D eigenvalue weighted by Gasteiger charge is 2.08. The van der Waals surface area contributed by atoms with Crippen molar-refractivity contribution in [2.45, 2.75) is 6.92 Å². The monoisotopic (exact) mass is 317 g/mol. The van der Waals surface area contributed by atoms with Crippen LogP contribution in [-0.2, 0) is 0 Å². The van der Waals surface area contributed by atoms with Gasteiger partial charge in [-0.2, -0.15) is 0 Å². The smallest absolute Gasteiger partial charge is 0.256 e. The van der Waals surface area contributed by atoms with Crippen molar-refractivity contribution in [1.82, 2.24) is 4.98 Å². The quantitative estimate of drug-likeness (QED) is 0.775. The molecule has 3 rings (SSSR count). The number of aryl methyl sites for hydroxylation is 1. The van der Waals surface area contributed by atoms with Crippen molar-refractivity contribution >= 4 is 23.1 Å². The molecule has 0 fully saturated rings. The first-order valence-corrected chi connectivity index (χ1v) is 7.76. The van der Waals surface area contributed by atoms with E-state index in [1.807, 2.05) is 79.5 Å². The summed E-state index contributed by atoms with van der Waals surface area (Å²) in [4.78, 5) is 18.6. The van der Waals surface area contributed by atoms with Crippen LogP contribution in [-0.4, -0.2) is 17.9 Å². The standard InChI is InChI=1S/C20H19N3O/c1-15-8-10-16(11-9-15)20(24)22-19-13-12-18(14-21-19)23(2)17-6-4-3-5-7-17/h3-14H,1-2H3,(H,21,22,24). The lowest BCUT2D eigenvalue weighted by molar-refractivity contribution is 0.102. The highest BCUT2D eigenvalue weighted by Crippen LogP contribution is 2.23. The molecule has 24 heavy (non-hydrogen) atoms. The molecule has 0 atom stereocenters. The summed E-state index contributed by atoms with van der Waals surface area (Å²) in [5.74, 6) is 0.373. The minimum atomic E-state index is -0.160. The molecule has 4 heteroatoms. The molecule has 1 heterocycles. The first-order chi connectivity index (χ1) is 11.6. The molecule has 0 saturated carbocycles. The third-order valence-electron chi connectivity index (χ3n) is 3.83. The number of aromatic nitrogens is 1. The molecular weight excluding hydrogens is 298 g/mol. The van der Waals surface area contributed by atoms with Crippen molar-refractivity contribution in [2.24, 2.45) is 0 Å². The molecule has 1 aromatic heterocycles. The van der Waals surface area contributed by atoms with Gasteiger partial charge in [-0.05, 0) is 43.3 Å². The van der Waals surface area contributed by atoms with Crippen LogP contribution >= 0.6 is 0 Å². The maximum Gasteiger partial charge on any atom is 0.256 e. The Bertz CT molecular complexity index is 812. The summed E-state index contributed by atoms with van der Waals surface area (Å²) >= 11 is 0. The number of nitrogens with zero attached hydrogens (tertiary/aromatic N) is 2. The van der Waals surface area contributed by atoms with Crippen LogP contribution in [0.15, 0.2) is 72.9 Å². The van der Waals surface area contributed by atoms with Gasteiger partial charge in [0.15, 0.2) is 0 Å². The zero-order valence-electron chi connectivity index (χ0n) is 13.7. The van der Waals surface area contributed by atoms with E-state index >= 15 is 0 Å². The molecule has 0 spiro atoms. The van der Waals surface area contributed by atoms with Crippen molar-refractivity contribution in [3.8, 4) is 0 Å². The highest BCUT2D eigenvalue weighted by molar-refractivity contribution is 6.03. The predicted molar refractivity (Wildman–Crippen MR) is 97.9 cm³/mol. The van der Waals surface area contributed by atoms with Crippen LogP contribution in [0.1, 0.15) is 15.9 Å². The van der Waals surface area contributed by atoms with E-state index in [4.69, 9.17) is 0 Å². The molecular formula is C20H19N3O. The van der Waals surface area contributed by atoms with Crippen LogP contribution < -0.4 is 10.2 Å². The second kappa shape index (κ2) is 6.96. The zero-order valence-corrected chi connectivity index (χ0v) is 13.7. The lowest BCUT2D eigenvalue weighted by Crippen LogP contribution is -2.14. The second-order valence-electron chi connectivity index (χ2n) is 5.62. The van der Waals surface area contributed by atoms with Gasteiger partial charge in [0.2, 0.25) is 0 Å². The molecule has 0 aliphatic carbocycles. The minimum Gasteiger partial charge on any atom is -0.343 e. The average Bonchev–Trinajstić information content (AvgIpc) is 2.63. The number of hydrogen-bond donors (Lipinski definition) is 1. The summed E-state index contributed by atoms with van der Waals surface area (Å²) in [5.41, 5.74) is 3.77. The molecule has 0 bridgehead atoms. The molecule has 0 aliphatic rings. The maximum absolute atomic E-state index is 12.2. The van der Waals surface area contributed by atoms with E-state index in [1.54, 1.807) is 12.3 Å². The van der Waals surface area contributed by atoms with Crippen molar-refractivity contribution in [3.05, 3.63) is 84.1 Å². The molecule has 0 saturated heterocycles. The normalized spacial score (nSPS) is 10.2. The number of carbonyl (C=O) groups excluding carboxylic acids is 1. The Labute approximate surface area is 141 Å². The van der Waals surface area contributed by atoms with Gasteiger partial charge in [0.05, 0.1) is 11.9 Å². The first kappa shape index (κ1) is 15.7. The Morgan fingerprint density at radius 3 is 2.25 bits per heavy atom. The van der Waals surface area contributed by atoms with Crippen LogP contribution in [0, 0.1) is 6.92 Å². The lowest BCUT2D eigenvalue weighted by atomic mass is 10.1. The molecule has 120 valence electrons. The highest BCUT2D eigenvalue weighted by atomic mass is 16.1. The summed E-state index contributed by atoms with van der Waals surface area (Å²) in [5, 5.41) is 2.82. The van der Waals surface area contributed by atoms with Crippen LogP contribution in [0.5, 0.6) is 0 Å². The molecule has 4 nitrogen and oxygen atoms in total. The molecule has 0 aliphatic heterocycles. The number of benzene rings is 2. The van der Waals surface area contributed by atoms with Crippen molar-refractivity contribution < 1.29 is 4.79 Å². The third kappa shape index (κ3) is 3.60. The molecule has 1 N–H and O–H groups in total. The van der Waals surface area contributed by atoms with E-state index in [-0.39, 0.29) is 5.91 Å². The summed E-state index contributed by atoms with van der Waals surface area (Å²) in [6, 6.07) is 21.2. The Balaban J connectivity index is 1.70. The van der Waals surface area contributed by atoms with E-state index in [0.29, 0.717) is 11.4 Å². The number of hydrogen-bond acceptors (Lipinski definition) is 3. The SMILES string of the molecule is Cc1ccc(C(=O)Nc2ccc(N(C)c3ccccc3)cn2)cc1. The largest absolute Gasteiger partial charge is 0.343 e. The Morgan fingerprint density at radius 2 is 1.62 bits per heavy atom. The molecule has 0 unspecified atom stereocenters. The minimum absolute atomic E-state index is 0.160. The lowest BCUT2D eigenvalue weighted by Gasteiger charge is -2.19. The average molecular weight is 317 g/mol. The fraction of sp³-hybridized carbons (Fsp3) is 0.100. The van der Waals surface area contributed by atoms with Crippen molar-refractivity contribution in [3.63, 3.8) is 0 Å². The number of para-hydroxylation sites is 1. The van der Waals surface area contributed by atoms with Gasteiger partial charge in [0.25, 0.3) is 5.91 Å². The third-order valence-corrected chi connectivity index (χ3v) is 3.83. The van der Waals surface area contributed by atoms with E-state index in [0.717, 1.165) is 16.9 Å². The van der Waals surface area contributed by atoms with Gasteiger partial charge in [-0.1, -0.05) is 35.9 Å². The van der Waals surface area contributed by atoms with Gasteiger partial charge in [-0.25, -0.2) is 4.98 Å². The molecule has 1 amide bonds. The number of anilines is 3. The number of carbonyl (C=O) groups is 1. The fourth-order valence-electron chi connectivity index (χ4n) is 2.35. The second-order valence-corrected chi connectivity index (χ2v) is 5.62. The number of amides is 1. The van der Waals surface area contributed by atoms with E-state index in [9.17, 15) is 4.79 Å². The number of nitrogens with one attached hydrogen (secondary N) is 1. The van der Waals surface area contributed by atoms with E-state index in [1.165, 1.54) is 0 Å². The summed E-state index contributed by atoms with van der Waals surface area (Å²) in [6.07, 6.45) is 1.75. The first-order valence-electron chi connectivity index (χ1n) is 7.76. The summed E-state index contributed by atoms with van der Waals surface area (Å²) < 4.78 is 0. The van der Waals surface area contributed by atoms with Crippen LogP contribution in [0.4, 0.5) is 17.2 Å². The van der Waals surface area contributed by atoms with Gasteiger partial charge in [0.1, 0.15) is 5.82 Å². The van der Waals surface area contributed by atoms with Crippen LogP contribution in [0.2, 0.25) is 0 Å². The summed E-state index contributed by atoms with van der Waals surface area (Å²) in [7, 11) is 1.98. The molecule has 2 aromatic carbocycles. The maximum atomic E-state index is 12.2. The molecule has 3 aromatic rings. The topological polar surface area (TPSA) is 45.2 Å². The van der Waals surface area contributed by atoms with Gasteiger partial charge in [0, 0.05) is 18.3 Å². The Kier molecular flexibility index (Phi) is 4.57. The number of pyridine rings is 1. The van der Waals surface area contributed by atoms with Crippen molar-refractivity contribution in [2.75, 3.05) is 17.3 Å². The van der Waals surface area contributed by atoms with Crippen LogP contribution in [0.3, 0.4) is 0 Å². The number of rotatable bonds is 4. The van der Waals surface area contributed by atoms with Gasteiger partial charge in [-0.3, -0.25) is 4.79 Å². The fourth-order valence-corrected chi connectivity index (χ4v) is 2.35. The predicted octanol–water partition coefficient (Wildman–Crippen LogP) is 4.41. The van der Waals surface area contributed by atoms with E-state index < -0.39 is 0 Å². The van der Waals surface area contributed by atoms with E-state index in [2.05, 4.69) is 10.3 Å². The van der Waals surface area contributed by atoms with Crippen LogP contribution in [0.25, 0.3) is 0 Å². The summed E-state index contributed by atoms with van der Waals surface area (Å²) in [6.45, 7) is 1.99. The van der Waals surface area contributed by atoms with Crippen molar-refractivity contribution in [1.29, 1.82) is 0 Å².